The molecule has 2 aromatic rings. The second kappa shape index (κ2) is 6.93. The number of thioether (sulfide) groups is 1. The van der Waals surface area contributed by atoms with Gasteiger partial charge in [0.2, 0.25) is 0 Å². The summed E-state index contributed by atoms with van der Waals surface area (Å²) < 4.78 is 0. The molecule has 2 aromatic carbocycles. The zero-order chi connectivity index (χ0) is 17.1. The lowest BCUT2D eigenvalue weighted by Crippen LogP contribution is -2.02. The van der Waals surface area contributed by atoms with Crippen LogP contribution in [0, 0.1) is 0 Å². The Hall–Kier alpha value is -2.53. The first kappa shape index (κ1) is 16.3. The lowest BCUT2D eigenvalue weighted by atomic mass is 10.0. The average molecular weight is 342 g/mol. The minimum absolute atomic E-state index is 0.122. The first-order valence-electron chi connectivity index (χ1n) is 7.52. The van der Waals surface area contributed by atoms with Gasteiger partial charge in [-0.3, -0.25) is 0 Å². The molecule has 0 aliphatic carbocycles. The van der Waals surface area contributed by atoms with Crippen LogP contribution in [0.15, 0.2) is 47.5 Å². The lowest BCUT2D eigenvalue weighted by molar-refractivity contribution is 0.403. The van der Waals surface area contributed by atoms with Crippen molar-refractivity contribution in [3.05, 3.63) is 58.7 Å². The Balaban J connectivity index is 1.80. The molecule has 3 rings (SSSR count). The molecule has 0 radical (unpaired) electrons. The van der Waals surface area contributed by atoms with Crippen LogP contribution in [-0.4, -0.2) is 31.9 Å². The maximum atomic E-state index is 9.58. The van der Waals surface area contributed by atoms with Crippen LogP contribution in [0.1, 0.15) is 17.5 Å². The van der Waals surface area contributed by atoms with Crippen LogP contribution in [0.3, 0.4) is 0 Å². The molecule has 0 aromatic heterocycles. The van der Waals surface area contributed by atoms with Crippen molar-refractivity contribution in [2.24, 2.45) is 0 Å². The molecule has 4 N–H and O–H groups in total. The second-order valence-electron chi connectivity index (χ2n) is 5.77. The van der Waals surface area contributed by atoms with E-state index in [2.05, 4.69) is 0 Å². The highest BCUT2D eigenvalue weighted by Crippen LogP contribution is 2.32. The lowest BCUT2D eigenvalue weighted by Gasteiger charge is -2.18. The molecule has 1 aliphatic heterocycles. The van der Waals surface area contributed by atoms with Crippen molar-refractivity contribution in [2.75, 3.05) is 11.5 Å². The molecule has 0 atom stereocenters. The van der Waals surface area contributed by atoms with Crippen LogP contribution in [-0.2, 0) is 0 Å². The van der Waals surface area contributed by atoms with E-state index in [9.17, 15) is 20.4 Å². The number of hydrogen-bond acceptors (Lipinski definition) is 5. The summed E-state index contributed by atoms with van der Waals surface area (Å²) in [5.74, 6) is 1.34. The average Bonchev–Trinajstić information content (AvgIpc) is 2.55. The predicted molar refractivity (Wildman–Crippen MR) is 97.4 cm³/mol. The minimum Gasteiger partial charge on any atom is -0.504 e. The van der Waals surface area contributed by atoms with Crippen LogP contribution in [0.2, 0.25) is 0 Å². The number of benzene rings is 2. The van der Waals surface area contributed by atoms with Crippen molar-refractivity contribution >= 4 is 23.9 Å². The van der Waals surface area contributed by atoms with Gasteiger partial charge in [-0.25, -0.2) is 0 Å². The van der Waals surface area contributed by atoms with Crippen molar-refractivity contribution in [1.82, 2.24) is 0 Å². The van der Waals surface area contributed by atoms with E-state index in [1.54, 1.807) is 36.0 Å². The number of aromatic hydroxyl groups is 4. The van der Waals surface area contributed by atoms with Gasteiger partial charge in [0.25, 0.3) is 0 Å². The molecule has 0 amide bonds. The SMILES string of the molecule is Oc1ccc(C=C2CSCC(=Cc3ccc(O)c(O)c3)C2)cc1O. The standard InChI is InChI=1S/C19H18O4S/c20-16-3-1-12(8-18(16)22)5-14-7-15(11-24-10-14)6-13-2-4-17(21)19(23)9-13/h1-6,8-9,20-23H,7,10-11H2. The van der Waals surface area contributed by atoms with Crippen molar-refractivity contribution in [2.45, 2.75) is 6.42 Å². The summed E-state index contributed by atoms with van der Waals surface area (Å²) in [6.45, 7) is 0. The third kappa shape index (κ3) is 3.86. The number of hydrogen-bond donors (Lipinski definition) is 4. The number of phenols is 4. The molecule has 4 nitrogen and oxygen atoms in total. The van der Waals surface area contributed by atoms with Crippen LogP contribution in [0.5, 0.6) is 23.0 Å². The van der Waals surface area contributed by atoms with Gasteiger partial charge < -0.3 is 20.4 Å². The Kier molecular flexibility index (Phi) is 4.71. The van der Waals surface area contributed by atoms with Crippen molar-refractivity contribution < 1.29 is 20.4 Å². The van der Waals surface area contributed by atoms with E-state index < -0.39 is 0 Å². The molecule has 1 heterocycles. The van der Waals surface area contributed by atoms with E-state index in [1.807, 2.05) is 12.2 Å². The van der Waals surface area contributed by atoms with Gasteiger partial charge in [0.15, 0.2) is 23.0 Å². The van der Waals surface area contributed by atoms with Gasteiger partial charge in [-0.1, -0.05) is 35.4 Å². The maximum Gasteiger partial charge on any atom is 0.157 e. The van der Waals surface area contributed by atoms with E-state index >= 15 is 0 Å². The normalized spacial score (nSPS) is 18.2. The van der Waals surface area contributed by atoms with Crippen LogP contribution in [0.4, 0.5) is 0 Å². The summed E-state index contributed by atoms with van der Waals surface area (Å²) in [5, 5.41) is 37.9. The number of rotatable bonds is 2. The van der Waals surface area contributed by atoms with Gasteiger partial charge in [-0.15, -0.1) is 0 Å². The van der Waals surface area contributed by atoms with Gasteiger partial charge in [0, 0.05) is 11.5 Å². The third-order valence-corrected chi connectivity index (χ3v) is 4.92. The minimum atomic E-state index is -0.122. The molecule has 0 spiro atoms. The van der Waals surface area contributed by atoms with Gasteiger partial charge in [-0.05, 0) is 41.8 Å². The predicted octanol–water partition coefficient (Wildman–Crippen LogP) is 4.11. The van der Waals surface area contributed by atoms with Crippen LogP contribution < -0.4 is 0 Å². The second-order valence-corrected chi connectivity index (χ2v) is 6.76. The largest absolute Gasteiger partial charge is 0.504 e. The van der Waals surface area contributed by atoms with E-state index in [4.69, 9.17) is 0 Å². The first-order chi connectivity index (χ1) is 11.5. The van der Waals surface area contributed by atoms with Gasteiger partial charge in [0.05, 0.1) is 0 Å². The monoisotopic (exact) mass is 342 g/mol. The molecule has 5 heteroatoms. The van der Waals surface area contributed by atoms with Gasteiger partial charge in [0.1, 0.15) is 0 Å². The first-order valence-corrected chi connectivity index (χ1v) is 8.67. The third-order valence-electron chi connectivity index (χ3n) is 3.77. The van der Waals surface area contributed by atoms with E-state index in [1.165, 1.54) is 23.3 Å². The summed E-state index contributed by atoms with van der Waals surface area (Å²) in [7, 11) is 0. The molecular formula is C19H18O4S. The van der Waals surface area contributed by atoms with E-state index in [0.717, 1.165) is 29.1 Å². The fourth-order valence-electron chi connectivity index (χ4n) is 2.62. The quantitative estimate of drug-likeness (QED) is 0.618. The summed E-state index contributed by atoms with van der Waals surface area (Å²) in [4.78, 5) is 0. The molecule has 124 valence electrons. The zero-order valence-electron chi connectivity index (χ0n) is 12.9. The van der Waals surface area contributed by atoms with Crippen LogP contribution in [0.25, 0.3) is 12.2 Å². The zero-order valence-corrected chi connectivity index (χ0v) is 13.8. The Morgan fingerprint density at radius 3 is 1.54 bits per heavy atom. The molecule has 1 aliphatic rings. The molecule has 24 heavy (non-hydrogen) atoms. The summed E-state index contributed by atoms with van der Waals surface area (Å²) >= 11 is 1.80. The van der Waals surface area contributed by atoms with Gasteiger partial charge in [-0.2, -0.15) is 11.8 Å². The maximum absolute atomic E-state index is 9.58. The highest BCUT2D eigenvalue weighted by molar-refractivity contribution is 7.99. The Labute approximate surface area is 144 Å². The Morgan fingerprint density at radius 1 is 0.667 bits per heavy atom. The van der Waals surface area contributed by atoms with Crippen molar-refractivity contribution in [3.8, 4) is 23.0 Å². The molecule has 0 unspecified atom stereocenters. The van der Waals surface area contributed by atoms with Crippen molar-refractivity contribution in [1.29, 1.82) is 0 Å². The molecule has 0 bridgehead atoms. The van der Waals surface area contributed by atoms with Gasteiger partial charge >= 0.3 is 0 Å². The summed E-state index contributed by atoms with van der Waals surface area (Å²) in [6, 6.07) is 9.58. The Morgan fingerprint density at radius 2 is 1.12 bits per heavy atom. The van der Waals surface area contributed by atoms with Crippen LogP contribution >= 0.6 is 11.8 Å². The smallest absolute Gasteiger partial charge is 0.157 e. The Bertz CT molecular complexity index is 757. The van der Waals surface area contributed by atoms with Crippen molar-refractivity contribution in [3.63, 3.8) is 0 Å². The highest BCUT2D eigenvalue weighted by Gasteiger charge is 2.12. The summed E-state index contributed by atoms with van der Waals surface area (Å²) in [6.07, 6.45) is 4.86. The molecule has 1 fully saturated rings. The van der Waals surface area contributed by atoms with E-state index in [-0.39, 0.29) is 23.0 Å². The fraction of sp³-hybridized carbons (Fsp3) is 0.158. The van der Waals surface area contributed by atoms with E-state index in [0.29, 0.717) is 0 Å². The highest BCUT2D eigenvalue weighted by atomic mass is 32.2. The molecular weight excluding hydrogens is 324 g/mol. The fourth-order valence-corrected chi connectivity index (χ4v) is 3.62. The topological polar surface area (TPSA) is 80.9 Å². The molecule has 1 saturated heterocycles. The molecule has 0 saturated carbocycles. The summed E-state index contributed by atoms with van der Waals surface area (Å²) in [5.41, 5.74) is 4.16. The number of phenolic OH excluding ortho intramolecular Hbond substituents is 4.